The zero-order valence-electron chi connectivity index (χ0n) is 27.0. The molecule has 0 radical (unpaired) electrons. The molecule has 0 heterocycles. The number of carbonyl (C=O) groups is 3. The highest BCUT2D eigenvalue weighted by atomic mass is 16.6. The summed E-state index contributed by atoms with van der Waals surface area (Å²) in [7, 11) is 0. The van der Waals surface area contributed by atoms with E-state index in [-0.39, 0.29) is 12.4 Å². The van der Waals surface area contributed by atoms with E-state index in [1.807, 2.05) is 0 Å². The van der Waals surface area contributed by atoms with E-state index in [0.29, 0.717) is 12.8 Å². The largest absolute Gasteiger partial charge is 0.481 e. The van der Waals surface area contributed by atoms with Gasteiger partial charge in [0, 0.05) is 12.8 Å². The Morgan fingerprint density at radius 2 is 0.905 bits per heavy atom. The Kier molecular flexibility index (Phi) is 30.2. The molecular weight excluding hydrogens is 528 g/mol. The van der Waals surface area contributed by atoms with Crippen LogP contribution in [-0.2, 0) is 19.1 Å². The van der Waals surface area contributed by atoms with Crippen LogP contribution in [0.15, 0.2) is 24.3 Å². The molecule has 42 heavy (non-hydrogen) atoms. The average Bonchev–Trinajstić information content (AvgIpc) is 2.96. The molecule has 0 aromatic rings. The molecule has 0 aromatic heterocycles. The van der Waals surface area contributed by atoms with Gasteiger partial charge in [0.2, 0.25) is 0 Å². The molecule has 0 aliphatic heterocycles. The quantitative estimate of drug-likeness (QED) is 0.0458. The lowest BCUT2D eigenvalue weighted by Crippen LogP contribution is -2.27. The van der Waals surface area contributed by atoms with Crippen molar-refractivity contribution < 1.29 is 29.3 Å². The van der Waals surface area contributed by atoms with Gasteiger partial charge in [0.25, 0.3) is 0 Å². The first-order valence-electron chi connectivity index (χ1n) is 17.4. The molecule has 0 saturated heterocycles. The second-order valence-electron chi connectivity index (χ2n) is 11.8. The van der Waals surface area contributed by atoms with Gasteiger partial charge >= 0.3 is 17.9 Å². The molecule has 0 fully saturated rings. The molecule has 0 aliphatic rings. The lowest BCUT2D eigenvalue weighted by molar-refractivity contribution is -0.164. The first-order chi connectivity index (χ1) is 20.5. The number of unbranched alkanes of at least 4 members (excludes halogenated alkanes) is 20. The number of carbonyl (C=O) groups excluding carboxylic acids is 1. The van der Waals surface area contributed by atoms with Crippen molar-refractivity contribution in [2.45, 2.75) is 186 Å². The Hall–Kier alpha value is -2.11. The summed E-state index contributed by atoms with van der Waals surface area (Å²) >= 11 is 0. The summed E-state index contributed by atoms with van der Waals surface area (Å²) in [6.07, 6.45) is 35.8. The third kappa shape index (κ3) is 30.8. The Balaban J connectivity index is 3.61. The molecule has 1 unspecified atom stereocenters. The number of rotatable bonds is 32. The number of carboxylic acids is 2. The number of carboxylic acid groups (broad SMARTS) is 2. The third-order valence-corrected chi connectivity index (χ3v) is 7.71. The van der Waals surface area contributed by atoms with Crippen molar-refractivity contribution in [3.8, 4) is 0 Å². The van der Waals surface area contributed by atoms with E-state index >= 15 is 0 Å². The monoisotopic (exact) mass is 592 g/mol. The fraction of sp³-hybridized carbons (Fsp3) is 0.806. The molecule has 1 atom stereocenters. The Morgan fingerprint density at radius 1 is 0.524 bits per heavy atom. The smallest absolute Gasteiger partial charge is 0.345 e. The number of hydrogen-bond acceptors (Lipinski definition) is 4. The molecule has 0 aromatic carbocycles. The summed E-state index contributed by atoms with van der Waals surface area (Å²) in [6.45, 7) is 2.25. The van der Waals surface area contributed by atoms with Crippen LogP contribution < -0.4 is 0 Å². The van der Waals surface area contributed by atoms with Crippen LogP contribution in [0, 0.1) is 0 Å². The van der Waals surface area contributed by atoms with Gasteiger partial charge in [-0.3, -0.25) is 9.59 Å². The van der Waals surface area contributed by atoms with Gasteiger partial charge in [-0.2, -0.15) is 0 Å². The number of aliphatic carboxylic acids is 2. The van der Waals surface area contributed by atoms with Crippen LogP contribution in [0.3, 0.4) is 0 Å². The van der Waals surface area contributed by atoms with Crippen molar-refractivity contribution in [3.05, 3.63) is 24.3 Å². The molecule has 6 heteroatoms. The van der Waals surface area contributed by atoms with Crippen molar-refractivity contribution in [1.82, 2.24) is 0 Å². The normalized spacial score (nSPS) is 12.3. The van der Waals surface area contributed by atoms with Gasteiger partial charge in [-0.25, -0.2) is 4.79 Å². The molecular formula is C36H64O6. The van der Waals surface area contributed by atoms with Crippen LogP contribution in [-0.4, -0.2) is 34.2 Å². The predicted octanol–water partition coefficient (Wildman–Crippen LogP) is 10.7. The van der Waals surface area contributed by atoms with E-state index in [1.54, 1.807) is 0 Å². The summed E-state index contributed by atoms with van der Waals surface area (Å²) in [5.41, 5.74) is 0. The van der Waals surface area contributed by atoms with Gasteiger partial charge in [0.05, 0.1) is 0 Å². The van der Waals surface area contributed by atoms with Gasteiger partial charge in [-0.05, 0) is 77.0 Å². The van der Waals surface area contributed by atoms with Crippen LogP contribution in [0.1, 0.15) is 180 Å². The van der Waals surface area contributed by atoms with Gasteiger partial charge in [0.1, 0.15) is 0 Å². The first kappa shape index (κ1) is 39.9. The van der Waals surface area contributed by atoms with E-state index < -0.39 is 18.0 Å². The zero-order valence-corrected chi connectivity index (χ0v) is 27.0. The van der Waals surface area contributed by atoms with Crippen molar-refractivity contribution in [2.24, 2.45) is 0 Å². The molecule has 0 amide bonds. The fourth-order valence-corrected chi connectivity index (χ4v) is 5.04. The molecule has 6 nitrogen and oxygen atoms in total. The molecule has 0 aliphatic carbocycles. The minimum Gasteiger partial charge on any atom is -0.481 e. The number of allylic oxidation sites excluding steroid dienone is 4. The topological polar surface area (TPSA) is 101 Å². The summed E-state index contributed by atoms with van der Waals surface area (Å²) in [6, 6.07) is 0. The molecule has 0 saturated carbocycles. The maximum absolute atomic E-state index is 12.1. The van der Waals surface area contributed by atoms with Crippen LogP contribution in [0.25, 0.3) is 0 Å². The van der Waals surface area contributed by atoms with Crippen molar-refractivity contribution in [2.75, 3.05) is 0 Å². The highest BCUT2D eigenvalue weighted by Gasteiger charge is 2.21. The fourth-order valence-electron chi connectivity index (χ4n) is 5.04. The molecule has 0 bridgehead atoms. The zero-order chi connectivity index (χ0) is 30.9. The summed E-state index contributed by atoms with van der Waals surface area (Å²) < 4.78 is 5.27. The average molecular weight is 593 g/mol. The lowest BCUT2D eigenvalue weighted by atomic mass is 10.1. The second-order valence-corrected chi connectivity index (χ2v) is 11.8. The first-order valence-corrected chi connectivity index (χ1v) is 17.4. The highest BCUT2D eigenvalue weighted by molar-refractivity contribution is 5.77. The van der Waals surface area contributed by atoms with Gasteiger partial charge in [-0.1, -0.05) is 115 Å². The van der Waals surface area contributed by atoms with Gasteiger partial charge in [-0.15, -0.1) is 0 Å². The lowest BCUT2D eigenvalue weighted by Gasteiger charge is -2.13. The van der Waals surface area contributed by atoms with Gasteiger partial charge in [0.15, 0.2) is 6.10 Å². The van der Waals surface area contributed by atoms with Crippen LogP contribution in [0.4, 0.5) is 0 Å². The summed E-state index contributed by atoms with van der Waals surface area (Å²) in [5.74, 6) is -2.12. The minimum absolute atomic E-state index is 0.285. The standard InChI is InChI=1S/C36H64O6/c1-2-3-4-5-6-7-8-9-12-15-18-21-24-27-30-33(36(40)41)42-35(39)32-29-26-23-20-17-14-11-10-13-16-19-22-25-28-31-34(37)38/h9-12,33H,2-8,13-32H2,1H3,(H,37,38)(H,40,41)/b11-10+,12-9-. The van der Waals surface area contributed by atoms with Crippen LogP contribution in [0.5, 0.6) is 0 Å². The molecule has 244 valence electrons. The highest BCUT2D eigenvalue weighted by Crippen LogP contribution is 2.14. The SMILES string of the molecule is CCCCCCCC/C=C\CCCCCCC(OC(=O)CCCCCCC/C=C/CCCCCCCC(=O)O)C(=O)O. The minimum atomic E-state index is -1.04. The molecule has 0 spiro atoms. The summed E-state index contributed by atoms with van der Waals surface area (Å²) in [5, 5.41) is 18.1. The number of esters is 1. The van der Waals surface area contributed by atoms with Crippen molar-refractivity contribution in [1.29, 1.82) is 0 Å². The Labute approximate surface area is 257 Å². The van der Waals surface area contributed by atoms with E-state index in [9.17, 15) is 19.5 Å². The van der Waals surface area contributed by atoms with Crippen LogP contribution in [0.2, 0.25) is 0 Å². The van der Waals surface area contributed by atoms with E-state index in [2.05, 4.69) is 31.2 Å². The van der Waals surface area contributed by atoms with E-state index in [1.165, 1.54) is 51.4 Å². The molecule has 0 rings (SSSR count). The Morgan fingerprint density at radius 3 is 1.33 bits per heavy atom. The second kappa shape index (κ2) is 31.8. The Bertz CT molecular complexity index is 699. The maximum Gasteiger partial charge on any atom is 0.345 e. The molecule has 2 N–H and O–H groups in total. The number of hydrogen-bond donors (Lipinski definition) is 2. The summed E-state index contributed by atoms with van der Waals surface area (Å²) in [4.78, 5) is 34.1. The van der Waals surface area contributed by atoms with E-state index in [0.717, 1.165) is 103 Å². The van der Waals surface area contributed by atoms with E-state index in [4.69, 9.17) is 9.84 Å². The van der Waals surface area contributed by atoms with Gasteiger partial charge < -0.3 is 14.9 Å². The third-order valence-electron chi connectivity index (χ3n) is 7.71. The predicted molar refractivity (Wildman–Crippen MR) is 174 cm³/mol. The maximum atomic E-state index is 12.1. The van der Waals surface area contributed by atoms with Crippen LogP contribution >= 0.6 is 0 Å². The van der Waals surface area contributed by atoms with Crippen molar-refractivity contribution >= 4 is 17.9 Å². The number of ether oxygens (including phenoxy) is 1. The van der Waals surface area contributed by atoms with Crippen molar-refractivity contribution in [3.63, 3.8) is 0 Å².